The van der Waals surface area contributed by atoms with Gasteiger partial charge in [-0.25, -0.2) is 8.42 Å². The van der Waals surface area contributed by atoms with Gasteiger partial charge in [0, 0.05) is 11.0 Å². The fraction of sp³-hybridized carbons (Fsp3) is 0.538. The molecule has 1 aliphatic rings. The molecular weight excluding hydrogens is 330 g/mol. The van der Waals surface area contributed by atoms with E-state index < -0.39 is 16.1 Å². The van der Waals surface area contributed by atoms with Gasteiger partial charge in [0.25, 0.3) is 0 Å². The van der Waals surface area contributed by atoms with E-state index in [1.54, 1.807) is 25.1 Å². The maximum absolute atomic E-state index is 12.6. The Morgan fingerprint density at radius 3 is 2.74 bits per heavy atom. The second kappa shape index (κ2) is 5.52. The fourth-order valence-electron chi connectivity index (χ4n) is 2.46. The van der Waals surface area contributed by atoms with Crippen molar-refractivity contribution in [2.24, 2.45) is 0 Å². The van der Waals surface area contributed by atoms with Gasteiger partial charge in [0.2, 0.25) is 10.0 Å². The molecule has 0 aliphatic carbocycles. The van der Waals surface area contributed by atoms with Crippen molar-refractivity contribution in [3.63, 3.8) is 0 Å². The molecular formula is C13H18BrNO3S. The summed E-state index contributed by atoms with van der Waals surface area (Å²) in [5, 5.41) is 9.72. The third-order valence-corrected chi connectivity index (χ3v) is 6.35. The highest BCUT2D eigenvalue weighted by Gasteiger charge is 2.37. The normalized spacial score (nSPS) is 22.6. The number of benzene rings is 1. The number of rotatable bonds is 3. The molecule has 1 aliphatic heterocycles. The lowest BCUT2D eigenvalue weighted by molar-refractivity contribution is 0.123. The molecule has 0 bridgehead atoms. The van der Waals surface area contributed by atoms with Crippen LogP contribution in [0.1, 0.15) is 25.3 Å². The molecule has 1 heterocycles. The zero-order valence-electron chi connectivity index (χ0n) is 11.0. The van der Waals surface area contributed by atoms with E-state index >= 15 is 0 Å². The number of hydrogen-bond donors (Lipinski definition) is 1. The summed E-state index contributed by atoms with van der Waals surface area (Å²) in [6.45, 7) is 3.98. The average Bonchev–Trinajstić information content (AvgIpc) is 2.82. The van der Waals surface area contributed by atoms with Crippen LogP contribution in [0.2, 0.25) is 0 Å². The van der Waals surface area contributed by atoms with Crippen LogP contribution in [0.15, 0.2) is 27.6 Å². The highest BCUT2D eigenvalue weighted by Crippen LogP contribution is 2.29. The summed E-state index contributed by atoms with van der Waals surface area (Å²) in [6, 6.07) is 4.70. The number of aryl methyl sites for hydroxylation is 1. The molecule has 19 heavy (non-hydrogen) atoms. The second-order valence-corrected chi connectivity index (χ2v) is 7.72. The molecule has 2 rings (SSSR count). The van der Waals surface area contributed by atoms with E-state index in [1.165, 1.54) is 4.31 Å². The predicted molar refractivity (Wildman–Crippen MR) is 77.5 cm³/mol. The van der Waals surface area contributed by atoms with Gasteiger partial charge in [-0.05, 0) is 50.5 Å². The van der Waals surface area contributed by atoms with Crippen LogP contribution < -0.4 is 0 Å². The maximum Gasteiger partial charge on any atom is 0.243 e. The Kier molecular flexibility index (Phi) is 4.35. The molecule has 106 valence electrons. The lowest BCUT2D eigenvalue weighted by atomic mass is 10.1. The molecule has 0 aromatic heterocycles. The average molecular weight is 348 g/mol. The molecule has 0 saturated carbocycles. The lowest BCUT2D eigenvalue weighted by Gasteiger charge is -2.26. The van der Waals surface area contributed by atoms with Gasteiger partial charge in [0.05, 0.1) is 17.0 Å². The molecule has 2 atom stereocenters. The molecule has 1 fully saturated rings. The minimum absolute atomic E-state index is 0.292. The fourth-order valence-corrected chi connectivity index (χ4v) is 4.55. The van der Waals surface area contributed by atoms with E-state index in [0.717, 1.165) is 16.5 Å². The van der Waals surface area contributed by atoms with E-state index in [4.69, 9.17) is 0 Å². The van der Waals surface area contributed by atoms with Crippen LogP contribution in [0.5, 0.6) is 0 Å². The summed E-state index contributed by atoms with van der Waals surface area (Å²) >= 11 is 3.37. The van der Waals surface area contributed by atoms with Crippen LogP contribution >= 0.6 is 15.9 Å². The van der Waals surface area contributed by atoms with Gasteiger partial charge in [-0.2, -0.15) is 4.31 Å². The zero-order chi connectivity index (χ0) is 14.2. The third kappa shape index (κ3) is 2.86. The monoisotopic (exact) mass is 347 g/mol. The standard InChI is InChI=1S/C13H18BrNO3S/c1-9-8-11(5-6-12(9)14)19(17,18)15-7-3-4-13(15)10(2)16/h5-6,8,10,13,16H,3-4,7H2,1-2H3/t10?,13-/m0/s1. The van der Waals surface area contributed by atoms with E-state index in [9.17, 15) is 13.5 Å². The molecule has 1 unspecified atom stereocenters. The molecule has 1 N–H and O–H groups in total. The first-order chi connectivity index (χ1) is 8.84. The van der Waals surface area contributed by atoms with Crippen molar-refractivity contribution in [1.29, 1.82) is 0 Å². The summed E-state index contributed by atoms with van der Waals surface area (Å²) in [5.41, 5.74) is 0.883. The minimum Gasteiger partial charge on any atom is -0.392 e. The van der Waals surface area contributed by atoms with Crippen molar-refractivity contribution < 1.29 is 13.5 Å². The molecule has 0 radical (unpaired) electrons. The second-order valence-electron chi connectivity index (χ2n) is 4.98. The van der Waals surface area contributed by atoms with Gasteiger partial charge in [0.1, 0.15) is 0 Å². The Morgan fingerprint density at radius 1 is 1.47 bits per heavy atom. The maximum atomic E-state index is 12.6. The van der Waals surface area contributed by atoms with Crippen molar-refractivity contribution in [3.8, 4) is 0 Å². The Bertz CT molecular complexity index is 571. The Morgan fingerprint density at radius 2 is 2.16 bits per heavy atom. The molecule has 6 heteroatoms. The first kappa shape index (κ1) is 15.0. The summed E-state index contributed by atoms with van der Waals surface area (Å²) in [6.07, 6.45) is 0.866. The van der Waals surface area contributed by atoms with Crippen LogP contribution in [-0.4, -0.2) is 36.5 Å². The summed E-state index contributed by atoms with van der Waals surface area (Å²) < 4.78 is 27.5. The molecule has 0 spiro atoms. The van der Waals surface area contributed by atoms with Crippen molar-refractivity contribution >= 4 is 26.0 Å². The Labute approximate surface area is 122 Å². The van der Waals surface area contributed by atoms with E-state index in [1.807, 2.05) is 6.92 Å². The van der Waals surface area contributed by atoms with Gasteiger partial charge in [-0.15, -0.1) is 0 Å². The lowest BCUT2D eigenvalue weighted by Crippen LogP contribution is -2.41. The topological polar surface area (TPSA) is 57.6 Å². The number of halogens is 1. The first-order valence-corrected chi connectivity index (χ1v) is 8.53. The number of aliphatic hydroxyl groups excluding tert-OH is 1. The van der Waals surface area contributed by atoms with Gasteiger partial charge in [-0.3, -0.25) is 0 Å². The SMILES string of the molecule is Cc1cc(S(=O)(=O)N2CCC[C@H]2C(C)O)ccc1Br. The summed E-state index contributed by atoms with van der Waals surface area (Å²) in [4.78, 5) is 0.292. The smallest absolute Gasteiger partial charge is 0.243 e. The van der Waals surface area contributed by atoms with E-state index in [2.05, 4.69) is 15.9 Å². The highest BCUT2D eigenvalue weighted by molar-refractivity contribution is 9.10. The quantitative estimate of drug-likeness (QED) is 0.912. The van der Waals surface area contributed by atoms with Crippen molar-refractivity contribution in [1.82, 2.24) is 4.31 Å². The molecule has 1 saturated heterocycles. The van der Waals surface area contributed by atoms with Gasteiger partial charge in [0.15, 0.2) is 0 Å². The Hall–Kier alpha value is -0.430. The number of sulfonamides is 1. The van der Waals surface area contributed by atoms with Crippen LogP contribution in [0.4, 0.5) is 0 Å². The largest absolute Gasteiger partial charge is 0.392 e. The van der Waals surface area contributed by atoms with Crippen LogP contribution in [0, 0.1) is 6.92 Å². The number of aliphatic hydroxyl groups is 1. The molecule has 1 aromatic rings. The van der Waals surface area contributed by atoms with Gasteiger partial charge < -0.3 is 5.11 Å². The van der Waals surface area contributed by atoms with Crippen molar-refractivity contribution in [2.75, 3.05) is 6.54 Å². The molecule has 4 nitrogen and oxygen atoms in total. The van der Waals surface area contributed by atoms with E-state index in [-0.39, 0.29) is 6.04 Å². The predicted octanol–water partition coefficient (Wildman–Crippen LogP) is 2.29. The van der Waals surface area contributed by atoms with Crippen molar-refractivity contribution in [2.45, 2.75) is 43.7 Å². The van der Waals surface area contributed by atoms with Crippen LogP contribution in [-0.2, 0) is 10.0 Å². The molecule has 0 amide bonds. The van der Waals surface area contributed by atoms with Crippen LogP contribution in [0.3, 0.4) is 0 Å². The van der Waals surface area contributed by atoms with Gasteiger partial charge in [-0.1, -0.05) is 15.9 Å². The molecule has 1 aromatic carbocycles. The van der Waals surface area contributed by atoms with Gasteiger partial charge >= 0.3 is 0 Å². The first-order valence-electron chi connectivity index (χ1n) is 6.30. The third-order valence-electron chi connectivity index (χ3n) is 3.54. The summed E-state index contributed by atoms with van der Waals surface area (Å²) in [5.74, 6) is 0. The Balaban J connectivity index is 2.39. The number of hydrogen-bond acceptors (Lipinski definition) is 3. The number of nitrogens with zero attached hydrogens (tertiary/aromatic N) is 1. The highest BCUT2D eigenvalue weighted by atomic mass is 79.9. The summed E-state index contributed by atoms with van der Waals surface area (Å²) in [7, 11) is -3.52. The minimum atomic E-state index is -3.52. The van der Waals surface area contributed by atoms with Crippen molar-refractivity contribution in [3.05, 3.63) is 28.2 Å². The van der Waals surface area contributed by atoms with Crippen LogP contribution in [0.25, 0.3) is 0 Å². The van der Waals surface area contributed by atoms with E-state index in [0.29, 0.717) is 17.9 Å². The zero-order valence-corrected chi connectivity index (χ0v) is 13.4.